The average Bonchev–Trinajstić information content (AvgIpc) is 3.21. The van der Waals surface area contributed by atoms with Crippen molar-refractivity contribution in [2.45, 2.75) is 94.9 Å². The molecule has 2 fully saturated rings. The number of aliphatic hydroxyl groups is 6. The third kappa shape index (κ3) is 22.8. The summed E-state index contributed by atoms with van der Waals surface area (Å²) in [6.45, 7) is 22.6. The number of aliphatic hydroxyl groups excluding tert-OH is 6. The van der Waals surface area contributed by atoms with E-state index in [-0.39, 0.29) is 56.6 Å². The molecule has 2 aliphatic rings. The quantitative estimate of drug-likeness (QED) is 0.194. The summed E-state index contributed by atoms with van der Waals surface area (Å²) in [7, 11) is 4.00. The van der Waals surface area contributed by atoms with E-state index in [1.807, 2.05) is 0 Å². The molecule has 0 aliphatic heterocycles. The predicted molar refractivity (Wildman–Crippen MR) is 154 cm³/mol. The molecule has 0 amide bonds. The van der Waals surface area contributed by atoms with Gasteiger partial charge in [-0.2, -0.15) is 0 Å². The minimum atomic E-state index is 0. The van der Waals surface area contributed by atoms with E-state index in [1.165, 1.54) is 59.2 Å². The Morgan fingerprint density at radius 1 is 0.289 bits per heavy atom. The Hall–Kier alpha value is 1.19. The third-order valence-electron chi connectivity index (χ3n) is 6.69. The molecular formula is C30H60O6Ti2. The van der Waals surface area contributed by atoms with Crippen LogP contribution in [0.4, 0.5) is 0 Å². The van der Waals surface area contributed by atoms with Crippen LogP contribution in [0.5, 0.6) is 0 Å². The smallest absolute Gasteiger partial charge is 0.0431 e. The molecule has 2 aliphatic carbocycles. The zero-order valence-electron chi connectivity index (χ0n) is 26.9. The number of rotatable bonds is 5. The summed E-state index contributed by atoms with van der Waals surface area (Å²) in [4.78, 5) is 0. The molecule has 0 heterocycles. The summed E-state index contributed by atoms with van der Waals surface area (Å²) >= 11 is 0. The summed E-state index contributed by atoms with van der Waals surface area (Å²) in [5.41, 5.74) is 0. The maximum Gasteiger partial charge on any atom is 0.0431 e. The van der Waals surface area contributed by atoms with Crippen LogP contribution in [0.25, 0.3) is 0 Å². The van der Waals surface area contributed by atoms with Crippen LogP contribution < -0.4 is 0 Å². The van der Waals surface area contributed by atoms with Gasteiger partial charge in [-0.05, 0) is 72.0 Å². The average molecular weight is 613 g/mol. The van der Waals surface area contributed by atoms with Crippen molar-refractivity contribution in [3.8, 4) is 0 Å². The Balaban J connectivity index is -0.0000000656. The maximum atomic E-state index is 8.30. The van der Waals surface area contributed by atoms with Crippen LogP contribution in [0.3, 0.4) is 0 Å². The zero-order chi connectivity index (χ0) is 30.0. The summed E-state index contributed by atoms with van der Waals surface area (Å²) in [5, 5.41) is 44.6. The van der Waals surface area contributed by atoms with Crippen molar-refractivity contribution >= 4 is 0 Å². The van der Waals surface area contributed by atoms with Gasteiger partial charge < -0.3 is 30.6 Å². The van der Waals surface area contributed by atoms with Gasteiger partial charge >= 0.3 is 0 Å². The normalized spacial score (nSPS) is 17.7. The second-order valence-electron chi connectivity index (χ2n) is 8.11. The molecule has 0 atom stereocenters. The predicted octanol–water partition coefficient (Wildman–Crippen LogP) is 4.90. The van der Waals surface area contributed by atoms with E-state index in [9.17, 15) is 0 Å². The van der Waals surface area contributed by atoms with Crippen molar-refractivity contribution in [2.75, 3.05) is 41.7 Å². The van der Waals surface area contributed by atoms with Gasteiger partial charge in [-0.3, -0.25) is 0 Å². The largest absolute Gasteiger partial charge is 0.400 e. The Morgan fingerprint density at radius 2 is 0.395 bits per heavy atom. The molecule has 0 spiro atoms. The van der Waals surface area contributed by atoms with Gasteiger partial charge in [-0.1, -0.05) is 82.1 Å². The molecule has 2 rings (SSSR count). The first kappa shape index (κ1) is 55.2. The van der Waals surface area contributed by atoms with E-state index in [0.29, 0.717) is 0 Å². The third-order valence-corrected chi connectivity index (χ3v) is 6.69. The van der Waals surface area contributed by atoms with Gasteiger partial charge in [-0.25, -0.2) is 0 Å². The van der Waals surface area contributed by atoms with Crippen molar-refractivity contribution in [2.24, 2.45) is 0 Å². The number of unbranched alkanes of at least 4 members (excludes halogenated alkanes) is 3. The minimum Gasteiger partial charge on any atom is -0.400 e. The van der Waals surface area contributed by atoms with Crippen LogP contribution in [0.1, 0.15) is 94.9 Å². The molecule has 10 radical (unpaired) electrons. The van der Waals surface area contributed by atoms with Crippen molar-refractivity contribution in [1.29, 1.82) is 0 Å². The maximum absolute atomic E-state index is 8.30. The van der Waals surface area contributed by atoms with E-state index < -0.39 is 0 Å². The van der Waals surface area contributed by atoms with Gasteiger partial charge in [0.15, 0.2) is 0 Å². The van der Waals surface area contributed by atoms with E-state index in [4.69, 9.17) is 30.6 Å². The van der Waals surface area contributed by atoms with E-state index in [2.05, 4.69) is 69.2 Å². The fourth-order valence-corrected chi connectivity index (χ4v) is 3.39. The Morgan fingerprint density at radius 3 is 0.474 bits per heavy atom. The van der Waals surface area contributed by atoms with Gasteiger partial charge in [0.05, 0.1) is 0 Å². The van der Waals surface area contributed by atoms with Gasteiger partial charge in [0.1, 0.15) is 0 Å². The Kier molecular flexibility index (Phi) is 55.4. The van der Waals surface area contributed by atoms with Crippen LogP contribution in [0.15, 0.2) is 0 Å². The first-order valence-electron chi connectivity index (χ1n) is 12.4. The van der Waals surface area contributed by atoms with Crippen LogP contribution in [-0.2, 0) is 43.4 Å². The molecule has 0 aromatic rings. The molecule has 2 saturated carbocycles. The van der Waals surface area contributed by atoms with Crippen molar-refractivity contribution in [3.05, 3.63) is 59.2 Å². The summed E-state index contributed by atoms with van der Waals surface area (Å²) in [5.74, 6) is 14.7. The topological polar surface area (TPSA) is 121 Å². The van der Waals surface area contributed by atoms with Gasteiger partial charge in [-0.15, -0.1) is 0 Å². The molecule has 0 aromatic carbocycles. The molecule has 8 heteroatoms. The second-order valence-corrected chi connectivity index (χ2v) is 8.11. The fraction of sp³-hybridized carbons (Fsp3) is 0.667. The van der Waals surface area contributed by atoms with Crippen LogP contribution in [0.2, 0.25) is 0 Å². The molecule has 0 bridgehead atoms. The van der Waals surface area contributed by atoms with E-state index in [1.54, 1.807) is 0 Å². The molecule has 224 valence electrons. The SMILES string of the molecule is CO.CO.CO.CO.C[C]1[C](C)[C](C)[C](C)[C]1C.C[C]1[C](C)[C](C)[C](C)[C]1C.OCCCCCCO.[Ti].[Ti]. The number of hydrogen-bond donors (Lipinski definition) is 6. The molecule has 6 N–H and O–H groups in total. The van der Waals surface area contributed by atoms with E-state index in [0.717, 1.165) is 54.1 Å². The first-order valence-corrected chi connectivity index (χ1v) is 12.4. The first-order chi connectivity index (χ1) is 17.0. The monoisotopic (exact) mass is 612 g/mol. The van der Waals surface area contributed by atoms with Crippen LogP contribution in [0, 0.1) is 59.2 Å². The molecular weight excluding hydrogens is 552 g/mol. The van der Waals surface area contributed by atoms with E-state index >= 15 is 0 Å². The molecule has 6 nitrogen and oxygen atoms in total. The number of hydrogen-bond acceptors (Lipinski definition) is 6. The fourth-order valence-electron chi connectivity index (χ4n) is 3.39. The van der Waals surface area contributed by atoms with Crippen LogP contribution >= 0.6 is 0 Å². The second kappa shape index (κ2) is 38.2. The molecule has 0 aromatic heterocycles. The molecule has 0 unspecified atom stereocenters. The molecule has 0 saturated heterocycles. The molecule has 38 heavy (non-hydrogen) atoms. The van der Waals surface area contributed by atoms with Crippen molar-refractivity contribution in [1.82, 2.24) is 0 Å². The standard InChI is InChI=1S/2C10H15.C6H14O2.4CH4O.2Ti/c2*1-6-7(2)9(4)10(5)8(6)3;7-5-3-1-2-4-6-8;4*1-2;;/h2*1-5H3;7-8H,1-6H2;4*2H,1H3;;. The van der Waals surface area contributed by atoms with Gasteiger partial charge in [0, 0.05) is 85.1 Å². The zero-order valence-corrected chi connectivity index (χ0v) is 30.0. The summed E-state index contributed by atoms with van der Waals surface area (Å²) in [6, 6.07) is 0. The van der Waals surface area contributed by atoms with Gasteiger partial charge in [0.2, 0.25) is 0 Å². The van der Waals surface area contributed by atoms with Crippen molar-refractivity contribution in [3.63, 3.8) is 0 Å². The Bertz CT molecular complexity index is 281. The summed E-state index contributed by atoms with van der Waals surface area (Å²) < 4.78 is 0. The summed E-state index contributed by atoms with van der Waals surface area (Å²) in [6.07, 6.45) is 3.83. The minimum absolute atomic E-state index is 0. The van der Waals surface area contributed by atoms with Gasteiger partial charge in [0.25, 0.3) is 0 Å². The van der Waals surface area contributed by atoms with Crippen LogP contribution in [-0.4, -0.2) is 72.3 Å². The van der Waals surface area contributed by atoms with Crippen molar-refractivity contribution < 1.29 is 74.1 Å². The Labute approximate surface area is 268 Å².